The standard InChI is InChI=1S/C17H32O.C16H19NO4.C8H16O4/c1-3-5-7-9-10-12-14-16-17(18)15-13-11-8-6-4-2;1-3-5-10-21-14-8-6-13(7-9-14)11-15(17-12-18)16(19)20-4-2;1-8(2,3)12-7(11)6(10)4-5-9/h3,5H,4,6-16H2,1-2H3;6-9,12,15H,4,10-11H2,1-2H3,(H,17,18);6,9-10H,4-5H2,1-3H3/b5-3+;;/t;15-;/m.0./s1. The summed E-state index contributed by atoms with van der Waals surface area (Å²) in [5.41, 5.74) is 0.310. The van der Waals surface area contributed by atoms with Crippen LogP contribution in [0.3, 0.4) is 0 Å². The van der Waals surface area contributed by atoms with E-state index in [2.05, 4.69) is 43.2 Å². The van der Waals surface area contributed by atoms with Crippen LogP contribution in [0.2, 0.25) is 0 Å². The number of rotatable bonds is 24. The molecule has 0 bridgehead atoms. The molecule has 1 rings (SSSR count). The number of hydrogen-bond donors (Lipinski definition) is 3. The van der Waals surface area contributed by atoms with E-state index in [0.29, 0.717) is 31.0 Å². The van der Waals surface area contributed by atoms with Crippen molar-refractivity contribution in [1.82, 2.24) is 5.32 Å². The predicted octanol–water partition coefficient (Wildman–Crippen LogP) is 7.21. The fourth-order valence-corrected chi connectivity index (χ4v) is 4.45. The molecule has 0 saturated carbocycles. The van der Waals surface area contributed by atoms with Crippen LogP contribution < -0.4 is 10.1 Å². The molecule has 2 atom stereocenters. The summed E-state index contributed by atoms with van der Waals surface area (Å²) in [6, 6.07) is 6.60. The van der Waals surface area contributed by atoms with Gasteiger partial charge in [0.15, 0.2) is 6.10 Å². The topological polar surface area (TPSA) is 148 Å². The number of benzene rings is 1. The largest absolute Gasteiger partial charge is 0.481 e. The van der Waals surface area contributed by atoms with E-state index in [-0.39, 0.29) is 19.6 Å². The number of amides is 1. The van der Waals surface area contributed by atoms with Gasteiger partial charge < -0.3 is 29.7 Å². The number of esters is 2. The second-order valence-electron chi connectivity index (χ2n) is 12.9. The predicted molar refractivity (Wildman–Crippen MR) is 203 cm³/mol. The summed E-state index contributed by atoms with van der Waals surface area (Å²) >= 11 is 0. The van der Waals surface area contributed by atoms with Crippen molar-refractivity contribution in [3.63, 3.8) is 0 Å². The molecule has 3 N–H and O–H groups in total. The van der Waals surface area contributed by atoms with Gasteiger partial charge in [0, 0.05) is 32.3 Å². The molecule has 1 amide bonds. The second kappa shape index (κ2) is 33.5. The highest BCUT2D eigenvalue weighted by atomic mass is 16.6. The van der Waals surface area contributed by atoms with Gasteiger partial charge in [-0.2, -0.15) is 0 Å². The zero-order chi connectivity index (χ0) is 38.8. The monoisotopic (exact) mass is 717 g/mol. The molecular weight excluding hydrogens is 650 g/mol. The normalized spacial score (nSPS) is 11.7. The molecule has 1 unspecified atom stereocenters. The summed E-state index contributed by atoms with van der Waals surface area (Å²) in [5.74, 6) is 5.62. The van der Waals surface area contributed by atoms with E-state index in [0.717, 1.165) is 31.2 Å². The summed E-state index contributed by atoms with van der Waals surface area (Å²) in [4.78, 5) is 44.8. The van der Waals surface area contributed by atoms with Gasteiger partial charge in [0.1, 0.15) is 29.8 Å². The van der Waals surface area contributed by atoms with E-state index in [9.17, 15) is 19.2 Å². The molecule has 0 heterocycles. The molecule has 0 radical (unpaired) electrons. The Balaban J connectivity index is 0. The number of carbonyl (C=O) groups excluding carboxylic acids is 4. The Morgan fingerprint density at radius 2 is 1.53 bits per heavy atom. The van der Waals surface area contributed by atoms with Gasteiger partial charge in [0.2, 0.25) is 6.41 Å². The lowest BCUT2D eigenvalue weighted by atomic mass is 10.0. The van der Waals surface area contributed by atoms with Crippen LogP contribution >= 0.6 is 0 Å². The van der Waals surface area contributed by atoms with Crippen molar-refractivity contribution in [3.05, 3.63) is 42.0 Å². The number of carbonyl (C=O) groups is 4. The smallest absolute Gasteiger partial charge is 0.335 e. The fraction of sp³-hybridized carbons (Fsp3) is 0.659. The Bertz CT molecular complexity index is 1130. The Morgan fingerprint density at radius 3 is 2.04 bits per heavy atom. The first-order chi connectivity index (χ1) is 24.4. The fourth-order valence-electron chi connectivity index (χ4n) is 4.45. The highest BCUT2D eigenvalue weighted by Gasteiger charge is 2.22. The van der Waals surface area contributed by atoms with Gasteiger partial charge in [0.25, 0.3) is 0 Å². The molecule has 0 fully saturated rings. The van der Waals surface area contributed by atoms with Gasteiger partial charge in [0.05, 0.1) is 6.61 Å². The molecule has 10 nitrogen and oxygen atoms in total. The SMILES string of the molecule is C/C=C/CCCCCCC(=O)CCCCCCC.CC#CCOc1ccc(C[C@H](NC=O)C(=O)OCC)cc1.CC(C)(C)OC(=O)C(O)CCO. The van der Waals surface area contributed by atoms with Crippen molar-refractivity contribution < 1.29 is 43.6 Å². The summed E-state index contributed by atoms with van der Waals surface area (Å²) in [6.07, 6.45) is 18.0. The maximum Gasteiger partial charge on any atom is 0.335 e. The average Bonchev–Trinajstić information content (AvgIpc) is 3.08. The zero-order valence-corrected chi connectivity index (χ0v) is 32.5. The van der Waals surface area contributed by atoms with Crippen molar-refractivity contribution in [1.29, 1.82) is 0 Å². The molecule has 0 saturated heterocycles. The van der Waals surface area contributed by atoms with Crippen LogP contribution in [0.5, 0.6) is 5.75 Å². The lowest BCUT2D eigenvalue weighted by Gasteiger charge is -2.21. The highest BCUT2D eigenvalue weighted by Crippen LogP contribution is 2.14. The quantitative estimate of drug-likeness (QED) is 0.0332. The molecule has 1 aromatic carbocycles. The van der Waals surface area contributed by atoms with Gasteiger partial charge in [-0.15, -0.1) is 5.92 Å². The van der Waals surface area contributed by atoms with Crippen LogP contribution in [-0.4, -0.2) is 71.9 Å². The Labute approximate surface area is 308 Å². The van der Waals surface area contributed by atoms with Crippen LogP contribution in [0, 0.1) is 11.8 Å². The van der Waals surface area contributed by atoms with Gasteiger partial charge in [-0.1, -0.05) is 75.7 Å². The lowest BCUT2D eigenvalue weighted by Crippen LogP contribution is -2.39. The second-order valence-corrected chi connectivity index (χ2v) is 12.9. The summed E-state index contributed by atoms with van der Waals surface area (Å²) in [6.45, 7) is 13.3. The molecular formula is C41H67NO9. The van der Waals surface area contributed by atoms with Crippen molar-refractivity contribution >= 4 is 24.1 Å². The number of ether oxygens (including phenoxy) is 3. The third-order valence-electron chi connectivity index (χ3n) is 7.14. The van der Waals surface area contributed by atoms with Gasteiger partial charge >= 0.3 is 11.9 Å². The number of hydrogen-bond acceptors (Lipinski definition) is 9. The third kappa shape index (κ3) is 32.0. The Kier molecular flexibility index (Phi) is 32.4. The molecule has 51 heavy (non-hydrogen) atoms. The average molecular weight is 718 g/mol. The Morgan fingerprint density at radius 1 is 0.922 bits per heavy atom. The summed E-state index contributed by atoms with van der Waals surface area (Å²) in [7, 11) is 0. The number of allylic oxidation sites excluding steroid dienone is 2. The first-order valence-corrected chi connectivity index (χ1v) is 18.5. The molecule has 0 aliphatic carbocycles. The van der Waals surface area contributed by atoms with Crippen molar-refractivity contribution in [2.45, 2.75) is 156 Å². The van der Waals surface area contributed by atoms with Gasteiger partial charge in [-0.05, 0) is 84.9 Å². The number of nitrogens with one attached hydrogen (secondary N) is 1. The minimum Gasteiger partial charge on any atom is -0.481 e. The molecule has 0 aromatic heterocycles. The molecule has 0 aliphatic heterocycles. The maximum absolute atomic E-state index is 11.7. The highest BCUT2D eigenvalue weighted by molar-refractivity contribution is 5.79. The van der Waals surface area contributed by atoms with Crippen LogP contribution in [-0.2, 0) is 35.1 Å². The first kappa shape index (κ1) is 49.4. The van der Waals surface area contributed by atoms with E-state index >= 15 is 0 Å². The van der Waals surface area contributed by atoms with Crippen molar-refractivity contribution in [2.24, 2.45) is 0 Å². The maximum atomic E-state index is 11.7. The summed E-state index contributed by atoms with van der Waals surface area (Å²) < 4.78 is 15.2. The molecule has 0 spiro atoms. The minimum absolute atomic E-state index is 0.0227. The molecule has 10 heteroatoms. The van der Waals surface area contributed by atoms with Gasteiger partial charge in [-0.25, -0.2) is 9.59 Å². The van der Waals surface area contributed by atoms with E-state index in [1.165, 1.54) is 51.4 Å². The number of ketones is 1. The van der Waals surface area contributed by atoms with E-state index in [4.69, 9.17) is 24.4 Å². The minimum atomic E-state index is -1.21. The number of Topliss-reactive ketones (excluding diaryl/α,β-unsaturated/α-hetero) is 1. The number of aliphatic hydroxyl groups is 2. The first-order valence-electron chi connectivity index (χ1n) is 18.5. The molecule has 1 aromatic rings. The third-order valence-corrected chi connectivity index (χ3v) is 7.14. The van der Waals surface area contributed by atoms with Crippen LogP contribution in [0.4, 0.5) is 0 Å². The van der Waals surface area contributed by atoms with E-state index in [1.807, 2.05) is 12.1 Å². The van der Waals surface area contributed by atoms with Crippen LogP contribution in [0.1, 0.15) is 138 Å². The molecule has 290 valence electrons. The lowest BCUT2D eigenvalue weighted by molar-refractivity contribution is -0.165. The zero-order valence-electron chi connectivity index (χ0n) is 32.5. The van der Waals surface area contributed by atoms with Crippen molar-refractivity contribution in [3.8, 4) is 17.6 Å². The Hall–Kier alpha value is -3.68. The molecule has 0 aliphatic rings. The van der Waals surface area contributed by atoms with E-state index < -0.39 is 29.7 Å². The van der Waals surface area contributed by atoms with Crippen LogP contribution in [0.15, 0.2) is 36.4 Å². The van der Waals surface area contributed by atoms with Crippen LogP contribution in [0.25, 0.3) is 0 Å². The van der Waals surface area contributed by atoms with Gasteiger partial charge in [-0.3, -0.25) is 9.59 Å². The number of unbranched alkanes of at least 4 members (excludes halogenated alkanes) is 8. The van der Waals surface area contributed by atoms with Crippen molar-refractivity contribution in [2.75, 3.05) is 19.8 Å². The van der Waals surface area contributed by atoms with E-state index in [1.54, 1.807) is 46.8 Å². The number of aliphatic hydroxyl groups excluding tert-OH is 2. The summed E-state index contributed by atoms with van der Waals surface area (Å²) in [5, 5.41) is 19.9.